The Labute approximate surface area is 46.1 Å². The minimum atomic E-state index is -0.391. The number of carbonyl (C=O) groups is 1. The molecule has 4 nitrogen and oxygen atoms in total. The minimum absolute atomic E-state index is 0.0721. The summed E-state index contributed by atoms with van der Waals surface area (Å²) >= 11 is 0. The lowest BCUT2D eigenvalue weighted by Crippen LogP contribution is -2.19. The smallest absolute Gasteiger partial charge is 0.353 e. The molecular formula is C4H5NO3. The first-order valence-electron chi connectivity index (χ1n) is 2.16. The first-order valence-corrected chi connectivity index (χ1v) is 2.16. The second-order valence-electron chi connectivity index (χ2n) is 1.36. The third-order valence-electron chi connectivity index (χ3n) is 0.637. The lowest BCUT2D eigenvalue weighted by molar-refractivity contribution is -0.144. The summed E-state index contributed by atoms with van der Waals surface area (Å²) in [5.74, 6) is -0.126. The molecule has 0 saturated carbocycles. The number of oxime groups is 1. The van der Waals surface area contributed by atoms with Crippen LogP contribution in [0.3, 0.4) is 0 Å². The van der Waals surface area contributed by atoms with Crippen molar-refractivity contribution in [3.05, 3.63) is 0 Å². The van der Waals surface area contributed by atoms with Gasteiger partial charge in [-0.25, -0.2) is 4.79 Å². The van der Waals surface area contributed by atoms with Crippen LogP contribution in [-0.2, 0) is 14.4 Å². The fraction of sp³-hybridized carbons (Fsp3) is 0.500. The largest absolute Gasteiger partial charge is 0.406 e. The van der Waals surface area contributed by atoms with E-state index in [1.807, 2.05) is 0 Å². The predicted octanol–water partition coefficient (Wildman–Crippen LogP) is -0.107. The van der Waals surface area contributed by atoms with Crippen molar-refractivity contribution >= 4 is 11.9 Å². The van der Waals surface area contributed by atoms with E-state index in [1.54, 1.807) is 6.92 Å². The number of hydrogen-bond donors (Lipinski definition) is 0. The van der Waals surface area contributed by atoms with E-state index in [4.69, 9.17) is 0 Å². The molecule has 0 aromatic rings. The van der Waals surface area contributed by atoms with Gasteiger partial charge in [0.2, 0.25) is 12.5 Å². The molecule has 0 amide bonds. The van der Waals surface area contributed by atoms with Crippen LogP contribution in [0.1, 0.15) is 6.92 Å². The first-order chi connectivity index (χ1) is 3.79. The molecule has 0 spiro atoms. The highest BCUT2D eigenvalue weighted by Gasteiger charge is 2.10. The Morgan fingerprint density at radius 3 is 2.88 bits per heavy atom. The number of ether oxygens (including phenoxy) is 1. The van der Waals surface area contributed by atoms with E-state index in [0.717, 1.165) is 0 Å². The third kappa shape index (κ3) is 0.959. The van der Waals surface area contributed by atoms with Gasteiger partial charge in [-0.1, -0.05) is 5.16 Å². The zero-order chi connectivity index (χ0) is 5.98. The van der Waals surface area contributed by atoms with Gasteiger partial charge in [0.25, 0.3) is 0 Å². The van der Waals surface area contributed by atoms with Crippen molar-refractivity contribution in [3.63, 3.8) is 0 Å². The molecule has 1 aliphatic rings. The van der Waals surface area contributed by atoms with E-state index >= 15 is 0 Å². The quantitative estimate of drug-likeness (QED) is 0.414. The van der Waals surface area contributed by atoms with Crippen molar-refractivity contribution in [2.75, 3.05) is 6.61 Å². The molecule has 1 aliphatic heterocycles. The van der Waals surface area contributed by atoms with Gasteiger partial charge in [-0.05, 0) is 0 Å². The van der Waals surface area contributed by atoms with E-state index in [-0.39, 0.29) is 12.5 Å². The van der Waals surface area contributed by atoms with Gasteiger partial charge in [-0.15, -0.1) is 0 Å². The molecule has 0 radical (unpaired) electrons. The van der Waals surface area contributed by atoms with E-state index in [0.29, 0.717) is 0 Å². The fourth-order valence-corrected chi connectivity index (χ4v) is 0.389. The maximum absolute atomic E-state index is 10.2. The average Bonchev–Trinajstić information content (AvgIpc) is 1.64. The standard InChI is InChI=1S/C4H5NO3/c1-3-5-7-2-4(6)8-3/h2H2,1H3. The number of rotatable bonds is 0. The highest BCUT2D eigenvalue weighted by atomic mass is 16.7. The van der Waals surface area contributed by atoms with Crippen LogP contribution in [0.2, 0.25) is 0 Å². The summed E-state index contributed by atoms with van der Waals surface area (Å²) in [5, 5.41) is 3.35. The zero-order valence-electron chi connectivity index (χ0n) is 4.38. The fourth-order valence-electron chi connectivity index (χ4n) is 0.389. The summed E-state index contributed by atoms with van der Waals surface area (Å²) < 4.78 is 4.47. The van der Waals surface area contributed by atoms with Gasteiger partial charge in [0.1, 0.15) is 0 Å². The van der Waals surface area contributed by atoms with Gasteiger partial charge in [0, 0.05) is 6.92 Å². The Morgan fingerprint density at radius 2 is 2.50 bits per heavy atom. The molecule has 0 saturated heterocycles. The van der Waals surface area contributed by atoms with Gasteiger partial charge in [0.05, 0.1) is 0 Å². The van der Waals surface area contributed by atoms with Crippen LogP contribution < -0.4 is 0 Å². The van der Waals surface area contributed by atoms with Crippen molar-refractivity contribution in [1.82, 2.24) is 0 Å². The monoisotopic (exact) mass is 115 g/mol. The summed E-state index contributed by atoms with van der Waals surface area (Å²) in [6, 6.07) is 0. The Bertz CT molecular complexity index is 140. The minimum Gasteiger partial charge on any atom is -0.406 e. The summed E-state index contributed by atoms with van der Waals surface area (Å²) in [6.45, 7) is 1.48. The van der Waals surface area contributed by atoms with Gasteiger partial charge in [-0.2, -0.15) is 0 Å². The van der Waals surface area contributed by atoms with Gasteiger partial charge < -0.3 is 9.57 Å². The Hall–Kier alpha value is -1.06. The first kappa shape index (κ1) is 5.08. The van der Waals surface area contributed by atoms with Crippen molar-refractivity contribution in [2.24, 2.45) is 5.16 Å². The summed E-state index contributed by atoms with van der Waals surface area (Å²) in [6.07, 6.45) is 0. The average molecular weight is 115 g/mol. The molecule has 0 bridgehead atoms. The van der Waals surface area contributed by atoms with Crippen LogP contribution >= 0.6 is 0 Å². The predicted molar refractivity (Wildman–Crippen MR) is 25.2 cm³/mol. The van der Waals surface area contributed by atoms with E-state index in [1.165, 1.54) is 0 Å². The van der Waals surface area contributed by atoms with Crippen molar-refractivity contribution < 1.29 is 14.4 Å². The van der Waals surface area contributed by atoms with E-state index in [2.05, 4.69) is 14.7 Å². The molecule has 0 aromatic heterocycles. The molecule has 0 aromatic carbocycles. The lowest BCUT2D eigenvalue weighted by atomic mass is 10.7. The highest BCUT2D eigenvalue weighted by Crippen LogP contribution is 1.92. The number of hydrogen-bond acceptors (Lipinski definition) is 4. The van der Waals surface area contributed by atoms with Crippen LogP contribution in [0.15, 0.2) is 5.16 Å². The maximum Gasteiger partial charge on any atom is 0.353 e. The molecule has 44 valence electrons. The molecule has 1 rings (SSSR count). The SMILES string of the molecule is CC1=NOCC(=O)O1. The molecule has 8 heavy (non-hydrogen) atoms. The number of carbonyl (C=O) groups excluding carboxylic acids is 1. The van der Waals surface area contributed by atoms with Gasteiger partial charge in [0.15, 0.2) is 0 Å². The normalized spacial score (nSPS) is 18.6. The van der Waals surface area contributed by atoms with Gasteiger partial charge in [-0.3, -0.25) is 0 Å². The van der Waals surface area contributed by atoms with Crippen LogP contribution in [0, 0.1) is 0 Å². The van der Waals surface area contributed by atoms with Crippen LogP contribution in [0.25, 0.3) is 0 Å². The van der Waals surface area contributed by atoms with Crippen molar-refractivity contribution in [2.45, 2.75) is 6.92 Å². The molecule has 0 N–H and O–H groups in total. The second-order valence-corrected chi connectivity index (χ2v) is 1.36. The Morgan fingerprint density at radius 1 is 1.75 bits per heavy atom. The molecular weight excluding hydrogens is 110 g/mol. The Kier molecular flexibility index (Phi) is 1.15. The van der Waals surface area contributed by atoms with Crippen LogP contribution in [-0.4, -0.2) is 18.5 Å². The highest BCUT2D eigenvalue weighted by molar-refractivity contribution is 5.88. The number of esters is 1. The summed E-state index contributed by atoms with van der Waals surface area (Å²) in [5.41, 5.74) is 0. The number of cyclic esters (lactones) is 1. The molecule has 4 heteroatoms. The summed E-state index contributed by atoms with van der Waals surface area (Å²) in [7, 11) is 0. The summed E-state index contributed by atoms with van der Waals surface area (Å²) in [4.78, 5) is 14.7. The molecule has 0 atom stereocenters. The second kappa shape index (κ2) is 1.81. The zero-order valence-corrected chi connectivity index (χ0v) is 4.38. The maximum atomic E-state index is 10.2. The molecule has 0 aliphatic carbocycles. The third-order valence-corrected chi connectivity index (χ3v) is 0.637. The van der Waals surface area contributed by atoms with Crippen LogP contribution in [0.5, 0.6) is 0 Å². The van der Waals surface area contributed by atoms with Gasteiger partial charge >= 0.3 is 5.97 Å². The van der Waals surface area contributed by atoms with Crippen molar-refractivity contribution in [3.8, 4) is 0 Å². The lowest BCUT2D eigenvalue weighted by Gasteiger charge is -2.06. The van der Waals surface area contributed by atoms with Crippen molar-refractivity contribution in [1.29, 1.82) is 0 Å². The van der Waals surface area contributed by atoms with Crippen LogP contribution in [0.4, 0.5) is 0 Å². The topological polar surface area (TPSA) is 47.9 Å². The molecule has 0 fully saturated rings. The Balaban J connectivity index is 2.57. The van der Waals surface area contributed by atoms with E-state index in [9.17, 15) is 4.79 Å². The molecule has 0 unspecified atom stereocenters. The number of nitrogens with zero attached hydrogens (tertiary/aromatic N) is 1. The van der Waals surface area contributed by atoms with E-state index < -0.39 is 5.97 Å². The molecule has 1 heterocycles.